The molecule has 4 heteroatoms. The van der Waals surface area contributed by atoms with Crippen LogP contribution in [0, 0.1) is 6.92 Å². The highest BCUT2D eigenvalue weighted by Gasteiger charge is 2.06. The van der Waals surface area contributed by atoms with Gasteiger partial charge in [-0.25, -0.2) is 4.79 Å². The molecule has 0 aliphatic heterocycles. The second kappa shape index (κ2) is 3.62. The van der Waals surface area contributed by atoms with Crippen LogP contribution in [0.1, 0.15) is 15.9 Å². The van der Waals surface area contributed by atoms with E-state index < -0.39 is 5.97 Å². The highest BCUT2D eigenvalue weighted by molar-refractivity contribution is 9.10. The molecule has 0 spiro atoms. The van der Waals surface area contributed by atoms with Crippen LogP contribution >= 0.6 is 15.9 Å². The highest BCUT2D eigenvalue weighted by Crippen LogP contribution is 2.22. The third kappa shape index (κ3) is 1.85. The van der Waals surface area contributed by atoms with Crippen LogP contribution in [0.4, 0.5) is 0 Å². The quantitative estimate of drug-likeness (QED) is 0.863. The minimum absolute atomic E-state index is 0.208. The Kier molecular flexibility index (Phi) is 2.44. The fourth-order valence-electron chi connectivity index (χ4n) is 1.50. The van der Waals surface area contributed by atoms with Gasteiger partial charge in [0.15, 0.2) is 0 Å². The number of fused-ring (bicyclic) bond motifs is 1. The minimum atomic E-state index is -0.956. The lowest BCUT2D eigenvalue weighted by atomic mass is 10.1. The van der Waals surface area contributed by atoms with E-state index in [2.05, 4.69) is 20.9 Å². The summed E-state index contributed by atoms with van der Waals surface area (Å²) in [5.74, 6) is -0.956. The number of aromatic carboxylic acids is 1. The van der Waals surface area contributed by atoms with Gasteiger partial charge in [-0.15, -0.1) is 0 Å². The Morgan fingerprint density at radius 3 is 2.80 bits per heavy atom. The highest BCUT2D eigenvalue weighted by atomic mass is 79.9. The van der Waals surface area contributed by atoms with Crippen molar-refractivity contribution in [2.45, 2.75) is 6.92 Å². The second-order valence-corrected chi connectivity index (χ2v) is 4.24. The molecule has 2 aromatic rings. The topological polar surface area (TPSA) is 50.2 Å². The zero-order chi connectivity index (χ0) is 11.0. The molecule has 1 aromatic carbocycles. The molecule has 76 valence electrons. The Balaban J connectivity index is 2.76. The van der Waals surface area contributed by atoms with E-state index in [1.165, 1.54) is 6.20 Å². The maximum Gasteiger partial charge on any atom is 0.337 e. The van der Waals surface area contributed by atoms with Crippen LogP contribution in [0.3, 0.4) is 0 Å². The average Bonchev–Trinajstić information content (AvgIpc) is 2.16. The molecule has 3 nitrogen and oxygen atoms in total. The summed E-state index contributed by atoms with van der Waals surface area (Å²) in [5.41, 5.74) is 2.07. The standard InChI is InChI=1S/C11H8BrNO2/c1-6-2-9(12)4-7-3-8(11(14)15)5-13-10(6)7/h2-5H,1H3,(H,14,15). The number of hydrogen-bond donors (Lipinski definition) is 1. The lowest BCUT2D eigenvalue weighted by molar-refractivity contribution is 0.0696. The van der Waals surface area contributed by atoms with E-state index in [1.54, 1.807) is 6.07 Å². The molecular formula is C11H8BrNO2. The molecule has 0 radical (unpaired) electrons. The number of halogens is 1. The summed E-state index contributed by atoms with van der Waals surface area (Å²) in [4.78, 5) is 14.9. The van der Waals surface area contributed by atoms with Crippen LogP contribution in [0.15, 0.2) is 28.9 Å². The van der Waals surface area contributed by atoms with Crippen molar-refractivity contribution in [3.8, 4) is 0 Å². The van der Waals surface area contributed by atoms with Gasteiger partial charge in [-0.05, 0) is 30.7 Å². The van der Waals surface area contributed by atoms with Gasteiger partial charge in [-0.3, -0.25) is 4.98 Å². The molecule has 0 atom stereocenters. The van der Waals surface area contributed by atoms with Crippen molar-refractivity contribution in [2.75, 3.05) is 0 Å². The van der Waals surface area contributed by atoms with E-state index >= 15 is 0 Å². The summed E-state index contributed by atoms with van der Waals surface area (Å²) < 4.78 is 0.928. The van der Waals surface area contributed by atoms with Gasteiger partial charge in [0.05, 0.1) is 11.1 Å². The monoisotopic (exact) mass is 265 g/mol. The summed E-state index contributed by atoms with van der Waals surface area (Å²) >= 11 is 3.37. The Morgan fingerprint density at radius 2 is 2.13 bits per heavy atom. The fraction of sp³-hybridized carbons (Fsp3) is 0.0909. The molecule has 0 bridgehead atoms. The molecule has 0 saturated heterocycles. The molecule has 0 fully saturated rings. The van der Waals surface area contributed by atoms with Crippen molar-refractivity contribution in [1.82, 2.24) is 4.98 Å². The zero-order valence-electron chi connectivity index (χ0n) is 7.99. The molecule has 1 heterocycles. The number of carboxylic acid groups (broad SMARTS) is 1. The van der Waals surface area contributed by atoms with Gasteiger partial charge in [-0.1, -0.05) is 15.9 Å². The number of aryl methyl sites for hydroxylation is 1. The van der Waals surface area contributed by atoms with E-state index in [1.807, 2.05) is 19.1 Å². The van der Waals surface area contributed by atoms with E-state index in [-0.39, 0.29) is 5.56 Å². The van der Waals surface area contributed by atoms with Crippen LogP contribution < -0.4 is 0 Å². The largest absolute Gasteiger partial charge is 0.478 e. The predicted octanol–water partition coefficient (Wildman–Crippen LogP) is 3.00. The number of carbonyl (C=O) groups is 1. The number of nitrogens with zero attached hydrogens (tertiary/aromatic N) is 1. The lowest BCUT2D eigenvalue weighted by Gasteiger charge is -2.03. The number of carboxylic acids is 1. The van der Waals surface area contributed by atoms with Crippen LogP contribution in [0.25, 0.3) is 10.9 Å². The molecule has 2 rings (SSSR count). The molecule has 1 aromatic heterocycles. The van der Waals surface area contributed by atoms with Crippen LogP contribution in [0.5, 0.6) is 0 Å². The Bertz CT molecular complexity index is 552. The second-order valence-electron chi connectivity index (χ2n) is 3.32. The van der Waals surface area contributed by atoms with Crippen LogP contribution in [-0.2, 0) is 0 Å². The van der Waals surface area contributed by atoms with Crippen molar-refractivity contribution in [3.05, 3.63) is 40.0 Å². The Morgan fingerprint density at radius 1 is 1.40 bits per heavy atom. The Hall–Kier alpha value is -1.42. The number of hydrogen-bond acceptors (Lipinski definition) is 2. The maximum absolute atomic E-state index is 10.8. The molecule has 0 aliphatic carbocycles. The summed E-state index contributed by atoms with van der Waals surface area (Å²) in [6.07, 6.45) is 1.38. The first-order chi connectivity index (χ1) is 7.08. The molecular weight excluding hydrogens is 258 g/mol. The minimum Gasteiger partial charge on any atom is -0.478 e. The van der Waals surface area contributed by atoms with E-state index in [0.717, 1.165) is 20.9 Å². The molecule has 15 heavy (non-hydrogen) atoms. The first kappa shape index (κ1) is 10.1. The molecule has 0 aliphatic rings. The van der Waals surface area contributed by atoms with Crippen molar-refractivity contribution in [2.24, 2.45) is 0 Å². The van der Waals surface area contributed by atoms with E-state index in [9.17, 15) is 4.79 Å². The van der Waals surface area contributed by atoms with Gasteiger partial charge in [0.2, 0.25) is 0 Å². The van der Waals surface area contributed by atoms with Crippen molar-refractivity contribution < 1.29 is 9.90 Å². The molecule has 1 N–H and O–H groups in total. The van der Waals surface area contributed by atoms with E-state index in [4.69, 9.17) is 5.11 Å². The third-order valence-electron chi connectivity index (χ3n) is 2.19. The number of aromatic nitrogens is 1. The average molecular weight is 266 g/mol. The number of benzene rings is 1. The Labute approximate surface area is 94.9 Å². The summed E-state index contributed by atoms with van der Waals surface area (Å²) in [7, 11) is 0. The third-order valence-corrected chi connectivity index (χ3v) is 2.64. The summed E-state index contributed by atoms with van der Waals surface area (Å²) in [5, 5.41) is 9.67. The maximum atomic E-state index is 10.8. The van der Waals surface area contributed by atoms with Crippen LogP contribution in [-0.4, -0.2) is 16.1 Å². The van der Waals surface area contributed by atoms with Crippen molar-refractivity contribution in [3.63, 3.8) is 0 Å². The summed E-state index contributed by atoms with van der Waals surface area (Å²) in [6.45, 7) is 1.94. The molecule has 0 unspecified atom stereocenters. The number of pyridine rings is 1. The van der Waals surface area contributed by atoms with Gasteiger partial charge in [0.25, 0.3) is 0 Å². The smallest absolute Gasteiger partial charge is 0.337 e. The first-order valence-corrected chi connectivity index (χ1v) is 5.16. The summed E-state index contributed by atoms with van der Waals surface area (Å²) in [6, 6.07) is 5.44. The number of rotatable bonds is 1. The molecule has 0 amide bonds. The van der Waals surface area contributed by atoms with Gasteiger partial charge in [0, 0.05) is 16.1 Å². The van der Waals surface area contributed by atoms with Gasteiger partial charge in [-0.2, -0.15) is 0 Å². The van der Waals surface area contributed by atoms with Gasteiger partial charge in [0.1, 0.15) is 0 Å². The molecule has 0 saturated carbocycles. The van der Waals surface area contributed by atoms with Gasteiger partial charge < -0.3 is 5.11 Å². The predicted molar refractivity (Wildman–Crippen MR) is 61.1 cm³/mol. The zero-order valence-corrected chi connectivity index (χ0v) is 9.58. The first-order valence-electron chi connectivity index (χ1n) is 4.37. The van der Waals surface area contributed by atoms with Gasteiger partial charge >= 0.3 is 5.97 Å². The normalized spacial score (nSPS) is 10.5. The van der Waals surface area contributed by atoms with Crippen LogP contribution in [0.2, 0.25) is 0 Å². The fourth-order valence-corrected chi connectivity index (χ4v) is 2.09. The SMILES string of the molecule is Cc1cc(Br)cc2cc(C(=O)O)cnc12. The van der Waals surface area contributed by atoms with Crippen molar-refractivity contribution >= 4 is 32.8 Å². The lowest BCUT2D eigenvalue weighted by Crippen LogP contribution is -1.97. The van der Waals surface area contributed by atoms with E-state index in [0.29, 0.717) is 0 Å². The van der Waals surface area contributed by atoms with Crippen molar-refractivity contribution in [1.29, 1.82) is 0 Å².